The van der Waals surface area contributed by atoms with Gasteiger partial charge >= 0.3 is 0 Å². The second kappa shape index (κ2) is 9.72. The summed E-state index contributed by atoms with van der Waals surface area (Å²) >= 11 is 0. The van der Waals surface area contributed by atoms with E-state index in [-0.39, 0.29) is 35.7 Å². The number of hydrogen-bond donors (Lipinski definition) is 0. The molecule has 2 aromatic rings. The molecule has 35 heavy (non-hydrogen) atoms. The lowest BCUT2D eigenvalue weighted by Gasteiger charge is -2.39. The summed E-state index contributed by atoms with van der Waals surface area (Å²) in [5.74, 6) is 1.72. The van der Waals surface area contributed by atoms with Crippen molar-refractivity contribution in [3.63, 3.8) is 0 Å². The first-order valence-electron chi connectivity index (χ1n) is 12.9. The zero-order valence-corrected chi connectivity index (χ0v) is 21.1. The third-order valence-corrected chi connectivity index (χ3v) is 7.87. The van der Waals surface area contributed by atoms with E-state index in [1.165, 1.54) is 0 Å². The van der Waals surface area contributed by atoms with E-state index in [1.54, 1.807) is 10.9 Å². The van der Waals surface area contributed by atoms with Crippen LogP contribution in [0.25, 0.3) is 0 Å². The van der Waals surface area contributed by atoms with Gasteiger partial charge in [0.2, 0.25) is 23.6 Å². The van der Waals surface area contributed by atoms with E-state index in [0.717, 1.165) is 70.4 Å². The SMILES string of the molecule is Cc1cnn(CC(=O)N2CCC3(CC2)CC(c2nnc(C(C)C)o2)N(CC(=O)N2CCCC2)C3)c1. The summed E-state index contributed by atoms with van der Waals surface area (Å²) in [5, 5.41) is 12.9. The molecular weight excluding hydrogens is 446 g/mol. The van der Waals surface area contributed by atoms with Crippen molar-refractivity contribution >= 4 is 11.8 Å². The van der Waals surface area contributed by atoms with Crippen molar-refractivity contribution in [3.8, 4) is 0 Å². The summed E-state index contributed by atoms with van der Waals surface area (Å²) in [5.41, 5.74) is 1.10. The zero-order chi connectivity index (χ0) is 24.6. The van der Waals surface area contributed by atoms with Gasteiger partial charge in [-0.05, 0) is 50.0 Å². The van der Waals surface area contributed by atoms with E-state index in [0.29, 0.717) is 18.3 Å². The fourth-order valence-electron chi connectivity index (χ4n) is 5.79. The summed E-state index contributed by atoms with van der Waals surface area (Å²) in [6, 6.07) is -0.0594. The molecule has 1 spiro atoms. The van der Waals surface area contributed by atoms with Crippen molar-refractivity contribution in [1.29, 1.82) is 0 Å². The summed E-state index contributed by atoms with van der Waals surface area (Å²) in [7, 11) is 0. The first-order chi connectivity index (χ1) is 16.8. The molecular formula is C25H37N7O3. The zero-order valence-electron chi connectivity index (χ0n) is 21.1. The van der Waals surface area contributed by atoms with E-state index in [2.05, 4.69) is 20.2 Å². The monoisotopic (exact) mass is 483 g/mol. The molecule has 0 bridgehead atoms. The number of carbonyl (C=O) groups excluding carboxylic acids is 2. The molecule has 0 radical (unpaired) electrons. The van der Waals surface area contributed by atoms with Crippen molar-refractivity contribution in [2.24, 2.45) is 5.41 Å². The number of likely N-dealkylation sites (tertiary alicyclic amines) is 3. The summed E-state index contributed by atoms with van der Waals surface area (Å²) in [6.45, 7) is 10.7. The molecule has 3 aliphatic rings. The molecule has 10 nitrogen and oxygen atoms in total. The first kappa shape index (κ1) is 24.0. The Balaban J connectivity index is 1.27. The van der Waals surface area contributed by atoms with Crippen LogP contribution in [-0.4, -0.2) is 85.8 Å². The van der Waals surface area contributed by atoms with Crippen LogP contribution in [0.1, 0.15) is 75.3 Å². The first-order valence-corrected chi connectivity index (χ1v) is 12.9. The summed E-state index contributed by atoms with van der Waals surface area (Å²) < 4.78 is 7.77. The van der Waals surface area contributed by atoms with Crippen LogP contribution in [0.3, 0.4) is 0 Å². The van der Waals surface area contributed by atoms with Gasteiger partial charge in [0.25, 0.3) is 0 Å². The number of carbonyl (C=O) groups is 2. The van der Waals surface area contributed by atoms with Gasteiger partial charge in [-0.2, -0.15) is 5.10 Å². The van der Waals surface area contributed by atoms with Gasteiger partial charge in [-0.1, -0.05) is 13.8 Å². The Bertz CT molecular complexity index is 1050. The molecule has 0 aliphatic carbocycles. The van der Waals surface area contributed by atoms with E-state index < -0.39 is 0 Å². The highest BCUT2D eigenvalue weighted by atomic mass is 16.4. The summed E-state index contributed by atoms with van der Waals surface area (Å²) in [4.78, 5) is 32.1. The Morgan fingerprint density at radius 3 is 2.37 bits per heavy atom. The molecule has 2 amide bonds. The fraction of sp³-hybridized carbons (Fsp3) is 0.720. The van der Waals surface area contributed by atoms with Crippen molar-refractivity contribution in [3.05, 3.63) is 29.7 Å². The second-order valence-electron chi connectivity index (χ2n) is 10.9. The van der Waals surface area contributed by atoms with E-state index in [1.807, 2.05) is 36.8 Å². The molecule has 5 rings (SSSR count). The van der Waals surface area contributed by atoms with E-state index in [4.69, 9.17) is 4.42 Å². The molecule has 10 heteroatoms. The lowest BCUT2D eigenvalue weighted by molar-refractivity contribution is -0.134. The van der Waals surface area contributed by atoms with Crippen LogP contribution in [-0.2, 0) is 16.1 Å². The van der Waals surface area contributed by atoms with Crippen molar-refractivity contribution in [2.45, 2.75) is 71.4 Å². The molecule has 0 saturated carbocycles. The lowest BCUT2D eigenvalue weighted by Crippen LogP contribution is -2.46. The number of aromatic nitrogens is 4. The number of rotatable bonds is 6. The van der Waals surface area contributed by atoms with Gasteiger partial charge < -0.3 is 14.2 Å². The number of piperidine rings is 1. The van der Waals surface area contributed by atoms with Crippen LogP contribution in [0.4, 0.5) is 0 Å². The molecule has 3 saturated heterocycles. The van der Waals surface area contributed by atoms with E-state index in [9.17, 15) is 9.59 Å². The Morgan fingerprint density at radius 1 is 1.06 bits per heavy atom. The Labute approximate surface area is 206 Å². The van der Waals surface area contributed by atoms with Gasteiger partial charge in [-0.3, -0.25) is 19.2 Å². The van der Waals surface area contributed by atoms with Crippen LogP contribution >= 0.6 is 0 Å². The molecule has 3 aliphatic heterocycles. The number of hydrogen-bond acceptors (Lipinski definition) is 7. The van der Waals surface area contributed by atoms with Crippen LogP contribution < -0.4 is 0 Å². The van der Waals surface area contributed by atoms with Crippen molar-refractivity contribution in [2.75, 3.05) is 39.3 Å². The van der Waals surface area contributed by atoms with Gasteiger partial charge in [0.15, 0.2) is 0 Å². The maximum atomic E-state index is 13.0. The predicted molar refractivity (Wildman–Crippen MR) is 128 cm³/mol. The smallest absolute Gasteiger partial charge is 0.244 e. The molecule has 5 heterocycles. The van der Waals surface area contributed by atoms with Crippen LogP contribution in [0.2, 0.25) is 0 Å². The maximum absolute atomic E-state index is 13.0. The lowest BCUT2D eigenvalue weighted by atomic mass is 9.76. The minimum absolute atomic E-state index is 0.0431. The molecule has 2 aromatic heterocycles. The Hall–Kier alpha value is -2.75. The van der Waals surface area contributed by atoms with Gasteiger partial charge in [0.05, 0.1) is 18.8 Å². The molecule has 0 aromatic carbocycles. The highest BCUT2D eigenvalue weighted by molar-refractivity contribution is 5.78. The average molecular weight is 484 g/mol. The number of aryl methyl sites for hydroxylation is 1. The van der Waals surface area contributed by atoms with Gasteiger partial charge in [-0.15, -0.1) is 10.2 Å². The summed E-state index contributed by atoms with van der Waals surface area (Å²) in [6.07, 6.45) is 8.54. The highest BCUT2D eigenvalue weighted by Crippen LogP contribution is 2.48. The van der Waals surface area contributed by atoms with Crippen molar-refractivity contribution in [1.82, 2.24) is 34.7 Å². The predicted octanol–water partition coefficient (Wildman–Crippen LogP) is 2.38. The van der Waals surface area contributed by atoms with Crippen LogP contribution in [0, 0.1) is 12.3 Å². The van der Waals surface area contributed by atoms with Gasteiger partial charge in [-0.25, -0.2) is 0 Å². The molecule has 3 fully saturated rings. The van der Waals surface area contributed by atoms with Gasteiger partial charge in [0.1, 0.15) is 6.54 Å². The highest BCUT2D eigenvalue weighted by Gasteiger charge is 2.49. The minimum atomic E-state index is -0.0594. The number of amides is 2. The second-order valence-corrected chi connectivity index (χ2v) is 10.9. The van der Waals surface area contributed by atoms with Crippen LogP contribution in [0.5, 0.6) is 0 Å². The largest absolute Gasteiger partial charge is 0.423 e. The number of nitrogens with zero attached hydrogens (tertiary/aromatic N) is 7. The fourth-order valence-corrected chi connectivity index (χ4v) is 5.79. The standard InChI is InChI=1S/C25H37N7O3/c1-18(2)23-27-28-24(35-23)20-12-25(17-31(20)15-21(33)29-8-4-5-9-29)6-10-30(11-7-25)22(34)16-32-14-19(3)13-26-32/h13-14,18,20H,4-12,15-17H2,1-3H3. The topological polar surface area (TPSA) is 101 Å². The molecule has 1 unspecified atom stereocenters. The average Bonchev–Trinajstić information content (AvgIpc) is 3.62. The molecule has 190 valence electrons. The quantitative estimate of drug-likeness (QED) is 0.622. The third-order valence-electron chi connectivity index (χ3n) is 7.87. The third kappa shape index (κ3) is 5.12. The molecule has 1 atom stereocenters. The molecule has 0 N–H and O–H groups in total. The van der Waals surface area contributed by atoms with Crippen LogP contribution in [0.15, 0.2) is 16.8 Å². The Kier molecular flexibility index (Phi) is 6.65. The minimum Gasteiger partial charge on any atom is -0.423 e. The van der Waals surface area contributed by atoms with E-state index >= 15 is 0 Å². The normalized spacial score (nSPS) is 22.6. The Morgan fingerprint density at radius 2 is 1.74 bits per heavy atom. The maximum Gasteiger partial charge on any atom is 0.244 e. The van der Waals surface area contributed by atoms with Gasteiger partial charge in [0, 0.05) is 44.8 Å². The van der Waals surface area contributed by atoms with Crippen molar-refractivity contribution < 1.29 is 14.0 Å².